The van der Waals surface area contributed by atoms with E-state index in [0.29, 0.717) is 26.2 Å². The van der Waals surface area contributed by atoms with Crippen molar-refractivity contribution in [2.45, 2.75) is 19.1 Å². The molecule has 0 aliphatic rings. The Morgan fingerprint density at radius 3 is 1.57 bits per heavy atom. The Morgan fingerprint density at radius 2 is 1.11 bits per heavy atom. The fourth-order valence-electron chi connectivity index (χ4n) is 4.29. The van der Waals surface area contributed by atoms with Gasteiger partial charge in [-0.1, -0.05) is 128 Å². The minimum absolute atomic E-state index is 0.161. The van der Waals surface area contributed by atoms with Crippen molar-refractivity contribution in [2.75, 3.05) is 13.2 Å². The summed E-state index contributed by atoms with van der Waals surface area (Å²) in [6.45, 7) is 5.38. The van der Waals surface area contributed by atoms with Crippen LogP contribution in [0.15, 0.2) is 134 Å². The van der Waals surface area contributed by atoms with E-state index in [-0.39, 0.29) is 6.10 Å². The van der Waals surface area contributed by atoms with Crippen LogP contribution in [0.4, 0.5) is 0 Å². The summed E-state index contributed by atoms with van der Waals surface area (Å²) < 4.78 is 18.8. The maximum atomic E-state index is 7.03. The van der Waals surface area contributed by atoms with Crippen LogP contribution in [0.5, 0.6) is 0 Å². The summed E-state index contributed by atoms with van der Waals surface area (Å²) in [7, 11) is -2.77. The third-order valence-electron chi connectivity index (χ3n) is 6.01. The number of hydrogen-bond acceptors (Lipinski definition) is 3. The highest BCUT2D eigenvalue weighted by Gasteiger charge is 2.42. The van der Waals surface area contributed by atoms with E-state index in [9.17, 15) is 0 Å². The van der Waals surface area contributed by atoms with E-state index < -0.39 is 8.32 Å². The molecule has 35 heavy (non-hydrogen) atoms. The van der Waals surface area contributed by atoms with Gasteiger partial charge in [0.15, 0.2) is 0 Å². The van der Waals surface area contributed by atoms with Gasteiger partial charge in [-0.2, -0.15) is 0 Å². The van der Waals surface area contributed by atoms with Crippen LogP contribution in [0.3, 0.4) is 0 Å². The zero-order valence-electron chi connectivity index (χ0n) is 20.0. The standard InChI is InChI=1S/C31H32O3Si/c1-2-33-28(23-24-32-25-27-15-7-3-8-16-27)26-34-35(29-17-9-4-10-18-29,30-19-11-5-12-20-30)31-21-13-6-14-22-31/h2-22,28H,1,23-26H2/t28-/m0/s1. The molecule has 0 heterocycles. The number of ether oxygens (including phenoxy) is 2. The van der Waals surface area contributed by atoms with Crippen LogP contribution < -0.4 is 15.6 Å². The predicted octanol–water partition coefficient (Wildman–Crippen LogP) is 4.81. The first-order valence-corrected chi connectivity index (χ1v) is 13.9. The van der Waals surface area contributed by atoms with E-state index in [2.05, 4.69) is 91.5 Å². The highest BCUT2D eigenvalue weighted by Crippen LogP contribution is 2.13. The quantitative estimate of drug-likeness (QED) is 0.119. The maximum Gasteiger partial charge on any atom is 0.288 e. The van der Waals surface area contributed by atoms with Gasteiger partial charge in [0.25, 0.3) is 8.32 Å². The largest absolute Gasteiger partial charge is 0.496 e. The first-order valence-electron chi connectivity index (χ1n) is 12.0. The lowest BCUT2D eigenvalue weighted by molar-refractivity contribution is 0.0397. The Hall–Kier alpha value is -3.44. The van der Waals surface area contributed by atoms with Gasteiger partial charge in [-0.3, -0.25) is 0 Å². The molecule has 0 amide bonds. The third-order valence-corrected chi connectivity index (χ3v) is 10.0. The predicted molar refractivity (Wildman–Crippen MR) is 146 cm³/mol. The zero-order chi connectivity index (χ0) is 24.2. The van der Waals surface area contributed by atoms with E-state index >= 15 is 0 Å². The number of rotatable bonds is 13. The minimum atomic E-state index is -2.77. The molecule has 4 heteroatoms. The molecule has 178 valence electrons. The average Bonchev–Trinajstić information content (AvgIpc) is 2.94. The van der Waals surface area contributed by atoms with Crippen molar-refractivity contribution < 1.29 is 13.9 Å². The third kappa shape index (κ3) is 6.37. The monoisotopic (exact) mass is 480 g/mol. The summed E-state index contributed by atoms with van der Waals surface area (Å²) >= 11 is 0. The molecule has 0 spiro atoms. The number of hydrogen-bond donors (Lipinski definition) is 0. The Balaban J connectivity index is 1.57. The number of benzene rings is 4. The lowest BCUT2D eigenvalue weighted by Gasteiger charge is -2.34. The topological polar surface area (TPSA) is 27.7 Å². The van der Waals surface area contributed by atoms with Gasteiger partial charge in [0.05, 0.1) is 26.1 Å². The second-order valence-corrected chi connectivity index (χ2v) is 11.7. The molecule has 3 nitrogen and oxygen atoms in total. The smallest absolute Gasteiger partial charge is 0.288 e. The highest BCUT2D eigenvalue weighted by molar-refractivity contribution is 7.07. The summed E-state index contributed by atoms with van der Waals surface area (Å²) in [5, 5.41) is 3.61. The molecule has 0 saturated carbocycles. The summed E-state index contributed by atoms with van der Waals surface area (Å²) in [6, 6.07) is 41.9. The Morgan fingerprint density at radius 1 is 0.657 bits per heavy atom. The molecule has 1 atom stereocenters. The van der Waals surface area contributed by atoms with E-state index in [1.54, 1.807) is 0 Å². The van der Waals surface area contributed by atoms with E-state index in [1.807, 2.05) is 36.4 Å². The van der Waals surface area contributed by atoms with Gasteiger partial charge < -0.3 is 13.9 Å². The molecule has 4 aromatic rings. The van der Waals surface area contributed by atoms with E-state index in [4.69, 9.17) is 13.9 Å². The van der Waals surface area contributed by atoms with Crippen molar-refractivity contribution >= 4 is 23.9 Å². The van der Waals surface area contributed by atoms with Gasteiger partial charge in [-0.25, -0.2) is 0 Å². The summed E-state index contributed by atoms with van der Waals surface area (Å²) in [4.78, 5) is 0. The normalized spacial score (nSPS) is 12.1. The summed E-state index contributed by atoms with van der Waals surface area (Å²) in [5.41, 5.74) is 1.16. The van der Waals surface area contributed by atoms with Crippen LogP contribution in [0.1, 0.15) is 12.0 Å². The molecule has 4 aromatic carbocycles. The molecule has 0 aliphatic heterocycles. The molecular weight excluding hydrogens is 448 g/mol. The first kappa shape index (κ1) is 24.7. The Labute approximate surface area is 209 Å². The van der Waals surface area contributed by atoms with Crippen LogP contribution in [0.2, 0.25) is 0 Å². The van der Waals surface area contributed by atoms with Crippen molar-refractivity contribution in [1.29, 1.82) is 0 Å². The van der Waals surface area contributed by atoms with Crippen molar-refractivity contribution in [2.24, 2.45) is 0 Å². The molecule has 0 bridgehead atoms. The van der Waals surface area contributed by atoms with Gasteiger partial charge in [-0.05, 0) is 21.1 Å². The Kier molecular flexibility index (Phi) is 9.07. The average molecular weight is 481 g/mol. The van der Waals surface area contributed by atoms with Crippen LogP contribution in [0, 0.1) is 0 Å². The summed E-state index contributed by atoms with van der Waals surface area (Å²) in [5.74, 6) is 0. The van der Waals surface area contributed by atoms with Crippen molar-refractivity contribution in [3.05, 3.63) is 140 Å². The SMILES string of the molecule is C=CO[C@@H](CCOCc1ccccc1)CO[Si](c1ccccc1)(c1ccccc1)c1ccccc1. The molecule has 4 rings (SSSR count). The molecule has 0 N–H and O–H groups in total. The van der Waals surface area contributed by atoms with Gasteiger partial charge >= 0.3 is 0 Å². The fourth-order valence-corrected chi connectivity index (χ4v) is 8.21. The molecular formula is C31H32O3Si. The van der Waals surface area contributed by atoms with Crippen LogP contribution in [-0.4, -0.2) is 27.6 Å². The van der Waals surface area contributed by atoms with E-state index in [1.165, 1.54) is 21.8 Å². The molecule has 0 radical (unpaired) electrons. The molecule has 0 unspecified atom stereocenters. The van der Waals surface area contributed by atoms with Crippen molar-refractivity contribution in [3.63, 3.8) is 0 Å². The van der Waals surface area contributed by atoms with Gasteiger partial charge in [-0.15, -0.1) is 0 Å². The molecule has 0 fully saturated rings. The fraction of sp³-hybridized carbons (Fsp3) is 0.161. The van der Waals surface area contributed by atoms with Crippen molar-refractivity contribution in [1.82, 2.24) is 0 Å². The van der Waals surface area contributed by atoms with E-state index in [0.717, 1.165) is 5.56 Å². The second-order valence-electron chi connectivity index (χ2n) is 8.34. The van der Waals surface area contributed by atoms with Gasteiger partial charge in [0.1, 0.15) is 6.10 Å². The maximum absolute atomic E-state index is 7.03. The van der Waals surface area contributed by atoms with Gasteiger partial charge in [0.2, 0.25) is 0 Å². The minimum Gasteiger partial charge on any atom is -0.496 e. The lowest BCUT2D eigenvalue weighted by atomic mass is 10.2. The molecule has 0 saturated heterocycles. The molecule has 0 aromatic heterocycles. The lowest BCUT2D eigenvalue weighted by Crippen LogP contribution is -2.69. The van der Waals surface area contributed by atoms with Crippen LogP contribution >= 0.6 is 0 Å². The zero-order valence-corrected chi connectivity index (χ0v) is 21.0. The molecule has 0 aliphatic carbocycles. The summed E-state index contributed by atoms with van der Waals surface area (Å²) in [6.07, 6.45) is 2.05. The van der Waals surface area contributed by atoms with Crippen LogP contribution in [0.25, 0.3) is 0 Å². The second kappa shape index (κ2) is 12.9. The first-order chi connectivity index (χ1) is 17.3. The Bertz CT molecular complexity index is 1040. The van der Waals surface area contributed by atoms with Gasteiger partial charge in [0, 0.05) is 6.42 Å². The van der Waals surface area contributed by atoms with Crippen LogP contribution in [-0.2, 0) is 20.5 Å². The van der Waals surface area contributed by atoms with Crippen molar-refractivity contribution in [3.8, 4) is 0 Å². The highest BCUT2D eigenvalue weighted by atomic mass is 28.4.